The van der Waals surface area contributed by atoms with Crippen molar-refractivity contribution in [2.45, 2.75) is 18.9 Å². The molecule has 0 unspecified atom stereocenters. The highest BCUT2D eigenvalue weighted by Crippen LogP contribution is 2.25. The number of furan rings is 1. The summed E-state index contributed by atoms with van der Waals surface area (Å²) in [4.78, 5) is 16.9. The van der Waals surface area contributed by atoms with Crippen LogP contribution in [0, 0.1) is 0 Å². The summed E-state index contributed by atoms with van der Waals surface area (Å²) >= 11 is 1.35. The van der Waals surface area contributed by atoms with Crippen LogP contribution in [0.4, 0.5) is 0 Å². The van der Waals surface area contributed by atoms with Gasteiger partial charge in [0.05, 0.1) is 12.5 Å². The van der Waals surface area contributed by atoms with Gasteiger partial charge in [-0.25, -0.2) is 4.98 Å². The predicted octanol–water partition coefficient (Wildman–Crippen LogP) is 2.73. The SMILES string of the molecule is Cl.Cl.O=C(N[C@H]1CCCNC1)c1cnc(-c2ccco2)s1. The van der Waals surface area contributed by atoms with E-state index in [4.69, 9.17) is 4.42 Å². The molecule has 0 bridgehead atoms. The third-order valence-corrected chi connectivity index (χ3v) is 4.10. The number of rotatable bonds is 3. The Hall–Kier alpha value is -1.08. The fourth-order valence-corrected chi connectivity index (χ4v) is 2.91. The molecule has 3 heterocycles. The normalized spacial score (nSPS) is 17.4. The van der Waals surface area contributed by atoms with Gasteiger partial charge in [0.1, 0.15) is 4.88 Å². The summed E-state index contributed by atoms with van der Waals surface area (Å²) in [6.07, 6.45) is 5.34. The van der Waals surface area contributed by atoms with Crippen molar-refractivity contribution in [3.05, 3.63) is 29.5 Å². The van der Waals surface area contributed by atoms with Crippen molar-refractivity contribution >= 4 is 42.1 Å². The summed E-state index contributed by atoms with van der Waals surface area (Å²) in [7, 11) is 0. The van der Waals surface area contributed by atoms with Crippen molar-refractivity contribution in [1.82, 2.24) is 15.6 Å². The zero-order valence-electron chi connectivity index (χ0n) is 11.2. The van der Waals surface area contributed by atoms with Crippen LogP contribution < -0.4 is 10.6 Å². The molecule has 1 aliphatic rings. The summed E-state index contributed by atoms with van der Waals surface area (Å²) in [5.74, 6) is 0.646. The molecular formula is C13H17Cl2N3O2S. The molecule has 1 amide bonds. The minimum Gasteiger partial charge on any atom is -0.462 e. The first kappa shape index (κ1) is 18.0. The maximum Gasteiger partial charge on any atom is 0.263 e. The van der Waals surface area contributed by atoms with Gasteiger partial charge in [-0.3, -0.25) is 4.79 Å². The summed E-state index contributed by atoms with van der Waals surface area (Å²) in [5.41, 5.74) is 0. The quantitative estimate of drug-likeness (QED) is 0.893. The van der Waals surface area contributed by atoms with Gasteiger partial charge in [0.2, 0.25) is 0 Å². The van der Waals surface area contributed by atoms with Crippen molar-refractivity contribution in [2.24, 2.45) is 0 Å². The Morgan fingerprint density at radius 1 is 1.48 bits per heavy atom. The fraction of sp³-hybridized carbons (Fsp3) is 0.385. The minimum absolute atomic E-state index is 0. The lowest BCUT2D eigenvalue weighted by Gasteiger charge is -2.23. The zero-order valence-corrected chi connectivity index (χ0v) is 13.7. The number of piperidine rings is 1. The molecule has 1 saturated heterocycles. The number of hydrogen-bond acceptors (Lipinski definition) is 5. The molecule has 1 fully saturated rings. The van der Waals surface area contributed by atoms with Gasteiger partial charge in [0.15, 0.2) is 10.8 Å². The minimum atomic E-state index is -0.0518. The third kappa shape index (κ3) is 4.44. The Bertz CT molecular complexity index is 554. The Balaban J connectivity index is 0.00000110. The second-order valence-electron chi connectivity index (χ2n) is 4.52. The van der Waals surface area contributed by atoms with Crippen molar-refractivity contribution in [3.8, 4) is 10.8 Å². The van der Waals surface area contributed by atoms with Crippen LogP contribution in [-0.4, -0.2) is 30.0 Å². The zero-order chi connectivity index (χ0) is 13.1. The van der Waals surface area contributed by atoms with E-state index in [1.54, 1.807) is 12.5 Å². The average Bonchev–Trinajstić information content (AvgIpc) is 3.11. The van der Waals surface area contributed by atoms with E-state index in [9.17, 15) is 4.79 Å². The molecule has 0 aliphatic carbocycles. The van der Waals surface area contributed by atoms with Crippen LogP contribution in [0.1, 0.15) is 22.5 Å². The molecule has 0 spiro atoms. The fourth-order valence-electron chi connectivity index (χ4n) is 2.12. The van der Waals surface area contributed by atoms with E-state index in [0.717, 1.165) is 30.9 Å². The highest BCUT2D eigenvalue weighted by Gasteiger charge is 2.18. The van der Waals surface area contributed by atoms with Gasteiger partial charge in [-0.2, -0.15) is 0 Å². The van der Waals surface area contributed by atoms with Crippen LogP contribution in [0.3, 0.4) is 0 Å². The van der Waals surface area contributed by atoms with Gasteiger partial charge in [-0.1, -0.05) is 0 Å². The molecule has 1 atom stereocenters. The van der Waals surface area contributed by atoms with Crippen molar-refractivity contribution in [2.75, 3.05) is 13.1 Å². The second-order valence-corrected chi connectivity index (χ2v) is 5.55. The van der Waals surface area contributed by atoms with Crippen molar-refractivity contribution in [1.29, 1.82) is 0 Å². The van der Waals surface area contributed by atoms with Crippen LogP contribution in [0.2, 0.25) is 0 Å². The average molecular weight is 350 g/mol. The Morgan fingerprint density at radius 3 is 3.00 bits per heavy atom. The molecule has 5 nitrogen and oxygen atoms in total. The number of amides is 1. The van der Waals surface area contributed by atoms with Crippen molar-refractivity contribution in [3.63, 3.8) is 0 Å². The van der Waals surface area contributed by atoms with E-state index < -0.39 is 0 Å². The van der Waals surface area contributed by atoms with E-state index in [1.165, 1.54) is 11.3 Å². The lowest BCUT2D eigenvalue weighted by Crippen LogP contribution is -2.45. The number of nitrogens with one attached hydrogen (secondary N) is 2. The maximum absolute atomic E-state index is 12.1. The smallest absolute Gasteiger partial charge is 0.263 e. The first-order valence-electron chi connectivity index (χ1n) is 6.34. The Kier molecular flexibility index (Phi) is 7.17. The van der Waals surface area contributed by atoms with E-state index in [2.05, 4.69) is 15.6 Å². The molecule has 2 N–H and O–H groups in total. The highest BCUT2D eigenvalue weighted by molar-refractivity contribution is 7.16. The number of thiazole rings is 1. The van der Waals surface area contributed by atoms with Crippen LogP contribution in [0.25, 0.3) is 10.8 Å². The molecule has 8 heteroatoms. The number of carbonyl (C=O) groups is 1. The summed E-state index contributed by atoms with van der Waals surface area (Å²) < 4.78 is 5.27. The van der Waals surface area contributed by atoms with Crippen LogP contribution in [0.5, 0.6) is 0 Å². The first-order chi connectivity index (χ1) is 9.33. The van der Waals surface area contributed by atoms with Gasteiger partial charge in [-0.05, 0) is 31.5 Å². The molecule has 116 valence electrons. The third-order valence-electron chi connectivity index (χ3n) is 3.09. The number of nitrogens with zero attached hydrogens (tertiary/aromatic N) is 1. The van der Waals surface area contributed by atoms with E-state index >= 15 is 0 Å². The highest BCUT2D eigenvalue weighted by atomic mass is 35.5. The van der Waals surface area contributed by atoms with Gasteiger partial charge < -0.3 is 15.1 Å². The summed E-state index contributed by atoms with van der Waals surface area (Å²) in [5, 5.41) is 7.04. The number of hydrogen-bond donors (Lipinski definition) is 2. The lowest BCUT2D eigenvalue weighted by atomic mass is 10.1. The molecule has 3 rings (SSSR count). The molecule has 21 heavy (non-hydrogen) atoms. The molecule has 1 aliphatic heterocycles. The largest absolute Gasteiger partial charge is 0.462 e. The number of aromatic nitrogens is 1. The summed E-state index contributed by atoms with van der Waals surface area (Å²) in [6, 6.07) is 3.87. The molecule has 0 aromatic carbocycles. The van der Waals surface area contributed by atoms with Crippen LogP contribution >= 0.6 is 36.2 Å². The molecular weight excluding hydrogens is 333 g/mol. The van der Waals surface area contributed by atoms with Gasteiger partial charge in [0, 0.05) is 12.6 Å². The van der Waals surface area contributed by atoms with Gasteiger partial charge in [0.25, 0.3) is 5.91 Å². The number of halogens is 2. The molecule has 2 aromatic heterocycles. The van der Waals surface area contributed by atoms with Gasteiger partial charge >= 0.3 is 0 Å². The lowest BCUT2D eigenvalue weighted by molar-refractivity contribution is 0.0934. The van der Waals surface area contributed by atoms with Crippen molar-refractivity contribution < 1.29 is 9.21 Å². The van der Waals surface area contributed by atoms with E-state index in [0.29, 0.717) is 10.6 Å². The summed E-state index contributed by atoms with van der Waals surface area (Å²) in [6.45, 7) is 1.88. The Labute approximate surface area is 139 Å². The molecule has 2 aromatic rings. The van der Waals surface area contributed by atoms with E-state index in [-0.39, 0.29) is 36.8 Å². The van der Waals surface area contributed by atoms with Crippen LogP contribution in [-0.2, 0) is 0 Å². The standard InChI is InChI=1S/C13H15N3O2S.2ClH/c17-12(16-9-3-1-5-14-7-9)11-8-15-13(19-11)10-4-2-6-18-10;;/h2,4,6,8-9,14H,1,3,5,7H2,(H,16,17);2*1H/t9-;;/m0../s1. The van der Waals surface area contributed by atoms with Gasteiger partial charge in [-0.15, -0.1) is 36.2 Å². The second kappa shape index (κ2) is 8.38. The molecule has 0 saturated carbocycles. The maximum atomic E-state index is 12.1. The number of carbonyl (C=O) groups excluding carboxylic acids is 1. The first-order valence-corrected chi connectivity index (χ1v) is 7.16. The molecule has 0 radical (unpaired) electrons. The predicted molar refractivity (Wildman–Crippen MR) is 87.7 cm³/mol. The monoisotopic (exact) mass is 349 g/mol. The topological polar surface area (TPSA) is 67.2 Å². The van der Waals surface area contributed by atoms with E-state index in [1.807, 2.05) is 12.1 Å². The van der Waals surface area contributed by atoms with Crippen LogP contribution in [0.15, 0.2) is 29.0 Å². The Morgan fingerprint density at radius 2 is 2.33 bits per heavy atom.